The van der Waals surface area contributed by atoms with Gasteiger partial charge in [-0.1, -0.05) is 6.07 Å². The monoisotopic (exact) mass is 393 g/mol. The van der Waals surface area contributed by atoms with Crippen molar-refractivity contribution in [3.63, 3.8) is 0 Å². The molecular weight excluding hydrogens is 371 g/mol. The Morgan fingerprint density at radius 3 is 2.79 bits per heavy atom. The van der Waals surface area contributed by atoms with Crippen molar-refractivity contribution in [1.29, 1.82) is 0 Å². The summed E-state index contributed by atoms with van der Waals surface area (Å²) in [6.07, 6.45) is -2.28. The summed E-state index contributed by atoms with van der Waals surface area (Å²) >= 11 is 0. The maximum absolute atomic E-state index is 13.4. The molecule has 1 amide bonds. The zero-order valence-corrected chi connectivity index (χ0v) is 15.8. The van der Waals surface area contributed by atoms with E-state index in [0.29, 0.717) is 24.4 Å². The lowest BCUT2D eigenvalue weighted by Gasteiger charge is -2.25. The fourth-order valence-corrected chi connectivity index (χ4v) is 4.31. The normalized spacial score (nSPS) is 19.8. The molecule has 1 saturated heterocycles. The van der Waals surface area contributed by atoms with Gasteiger partial charge in [0.25, 0.3) is 0 Å². The molecule has 0 saturated carbocycles. The zero-order valence-electron chi connectivity index (χ0n) is 15.8. The number of amides is 1. The average molecular weight is 393 g/mol. The highest BCUT2D eigenvalue weighted by Gasteiger charge is 2.40. The number of aryl methyl sites for hydroxylation is 1. The number of fused-ring (bicyclic) bond motifs is 1. The van der Waals surface area contributed by atoms with Crippen LogP contribution in [0.25, 0.3) is 5.69 Å². The van der Waals surface area contributed by atoms with Crippen LogP contribution in [0.1, 0.15) is 53.9 Å². The van der Waals surface area contributed by atoms with E-state index >= 15 is 0 Å². The number of halogens is 3. The number of alkyl halides is 3. The van der Waals surface area contributed by atoms with Crippen molar-refractivity contribution in [3.05, 3.63) is 46.3 Å². The molecule has 0 spiro atoms. The second-order valence-corrected chi connectivity index (χ2v) is 7.40. The molecule has 1 aromatic carbocycles. The maximum Gasteiger partial charge on any atom is 0.435 e. The van der Waals surface area contributed by atoms with E-state index in [-0.39, 0.29) is 24.1 Å². The van der Waals surface area contributed by atoms with Crippen LogP contribution >= 0.6 is 0 Å². The highest BCUT2D eigenvalue weighted by molar-refractivity contribution is 5.74. The molecule has 4 rings (SSSR count). The second-order valence-electron chi connectivity index (χ2n) is 7.40. The van der Waals surface area contributed by atoms with Gasteiger partial charge in [0.1, 0.15) is 0 Å². The van der Waals surface area contributed by atoms with Gasteiger partial charge in [-0.15, -0.1) is 0 Å². The third-order valence-electron chi connectivity index (χ3n) is 5.60. The summed E-state index contributed by atoms with van der Waals surface area (Å²) in [5, 5.41) is 3.89. The summed E-state index contributed by atoms with van der Waals surface area (Å²) < 4.78 is 46.8. The molecule has 0 bridgehead atoms. The molecule has 1 unspecified atom stereocenters. The quantitative estimate of drug-likeness (QED) is 0.776. The van der Waals surface area contributed by atoms with Crippen LogP contribution in [0.15, 0.2) is 18.2 Å². The Morgan fingerprint density at radius 1 is 1.32 bits per heavy atom. The first-order valence-corrected chi connectivity index (χ1v) is 9.41. The lowest BCUT2D eigenvalue weighted by atomic mass is 9.98. The molecule has 1 fully saturated rings. The van der Waals surface area contributed by atoms with E-state index in [9.17, 15) is 18.0 Å². The molecule has 2 aliphatic rings. The summed E-state index contributed by atoms with van der Waals surface area (Å²) in [4.78, 5) is 13.7. The van der Waals surface area contributed by atoms with E-state index < -0.39 is 11.9 Å². The smallest absolute Gasteiger partial charge is 0.376 e. The lowest BCUT2D eigenvalue weighted by molar-refractivity contribution is -0.142. The van der Waals surface area contributed by atoms with Crippen LogP contribution < -0.4 is 0 Å². The maximum atomic E-state index is 13.4. The number of carbonyl (C=O) groups excluding carboxylic acids is 1. The lowest BCUT2D eigenvalue weighted by Crippen LogP contribution is -2.28. The Kier molecular flexibility index (Phi) is 4.69. The Labute approximate surface area is 161 Å². The molecule has 2 aromatic rings. The van der Waals surface area contributed by atoms with Gasteiger partial charge in [0.05, 0.1) is 30.6 Å². The number of likely N-dealkylation sites (tertiary alicyclic amines) is 1. The SMILES string of the molecule is CC(=O)N1CCCC1c1ccc(-n2nc(C(F)(F)F)c3c2CCOC3)cc1C. The minimum atomic E-state index is -4.52. The molecule has 1 atom stereocenters. The van der Waals surface area contributed by atoms with E-state index in [1.54, 1.807) is 13.0 Å². The van der Waals surface area contributed by atoms with Gasteiger partial charge < -0.3 is 9.64 Å². The number of benzene rings is 1. The minimum absolute atomic E-state index is 0.0252. The van der Waals surface area contributed by atoms with Gasteiger partial charge in [-0.25, -0.2) is 4.68 Å². The van der Waals surface area contributed by atoms with Crippen LogP contribution in [0.3, 0.4) is 0 Å². The first-order chi connectivity index (χ1) is 13.3. The van der Waals surface area contributed by atoms with Crippen molar-refractivity contribution in [1.82, 2.24) is 14.7 Å². The zero-order chi connectivity index (χ0) is 20.1. The highest BCUT2D eigenvalue weighted by atomic mass is 19.4. The summed E-state index contributed by atoms with van der Waals surface area (Å²) in [5.74, 6) is 0.0435. The number of carbonyl (C=O) groups is 1. The predicted molar refractivity (Wildman–Crippen MR) is 96.0 cm³/mol. The minimum Gasteiger partial charge on any atom is -0.376 e. The summed E-state index contributed by atoms with van der Waals surface area (Å²) in [6.45, 7) is 4.54. The topological polar surface area (TPSA) is 47.4 Å². The van der Waals surface area contributed by atoms with Gasteiger partial charge in [-0.3, -0.25) is 4.79 Å². The number of hydrogen-bond acceptors (Lipinski definition) is 3. The molecule has 150 valence electrons. The molecule has 0 aliphatic carbocycles. The van der Waals surface area contributed by atoms with E-state index in [2.05, 4.69) is 5.10 Å². The van der Waals surface area contributed by atoms with Crippen LogP contribution in [-0.4, -0.2) is 33.7 Å². The average Bonchev–Trinajstić information content (AvgIpc) is 3.26. The van der Waals surface area contributed by atoms with Crippen molar-refractivity contribution in [2.24, 2.45) is 0 Å². The Bertz CT molecular complexity index is 920. The van der Waals surface area contributed by atoms with Crippen molar-refractivity contribution < 1.29 is 22.7 Å². The molecule has 28 heavy (non-hydrogen) atoms. The number of rotatable bonds is 2. The first-order valence-electron chi connectivity index (χ1n) is 9.41. The third-order valence-corrected chi connectivity index (χ3v) is 5.60. The standard InChI is InChI=1S/C20H22F3N3O2/c1-12-10-14(5-6-15(12)17-4-3-8-25(17)13(2)27)26-18-7-9-28-11-16(18)19(24-26)20(21,22)23/h5-6,10,17H,3-4,7-9,11H2,1-2H3. The van der Waals surface area contributed by atoms with E-state index in [1.807, 2.05) is 24.0 Å². The van der Waals surface area contributed by atoms with Crippen molar-refractivity contribution in [3.8, 4) is 5.69 Å². The van der Waals surface area contributed by atoms with Gasteiger partial charge in [0, 0.05) is 25.5 Å². The van der Waals surface area contributed by atoms with E-state index in [1.165, 1.54) is 4.68 Å². The Hall–Kier alpha value is -2.35. The number of hydrogen-bond donors (Lipinski definition) is 0. The summed E-state index contributed by atoms with van der Waals surface area (Å²) in [7, 11) is 0. The van der Waals surface area contributed by atoms with E-state index in [0.717, 1.165) is 30.5 Å². The Morgan fingerprint density at radius 2 is 2.11 bits per heavy atom. The molecule has 5 nitrogen and oxygen atoms in total. The Balaban J connectivity index is 1.74. The molecule has 0 N–H and O–H groups in total. The van der Waals surface area contributed by atoms with Crippen LogP contribution in [0.5, 0.6) is 0 Å². The molecular formula is C20H22F3N3O2. The number of nitrogens with zero attached hydrogens (tertiary/aromatic N) is 3. The van der Waals surface area contributed by atoms with Crippen LogP contribution in [0.4, 0.5) is 13.2 Å². The first kappa shape index (κ1) is 19.0. The molecule has 2 aliphatic heterocycles. The van der Waals surface area contributed by atoms with Crippen LogP contribution in [-0.2, 0) is 28.7 Å². The van der Waals surface area contributed by atoms with E-state index in [4.69, 9.17) is 4.74 Å². The van der Waals surface area contributed by atoms with Crippen molar-refractivity contribution in [2.75, 3.05) is 13.2 Å². The molecule has 8 heteroatoms. The van der Waals surface area contributed by atoms with Gasteiger partial charge in [-0.2, -0.15) is 18.3 Å². The summed E-state index contributed by atoms with van der Waals surface area (Å²) in [5.41, 5.74) is 2.39. The van der Waals surface area contributed by atoms with Gasteiger partial charge in [-0.05, 0) is 43.0 Å². The number of aromatic nitrogens is 2. The largest absolute Gasteiger partial charge is 0.435 e. The van der Waals surface area contributed by atoms with Crippen molar-refractivity contribution >= 4 is 5.91 Å². The van der Waals surface area contributed by atoms with Gasteiger partial charge in [0.2, 0.25) is 5.91 Å². The fourth-order valence-electron chi connectivity index (χ4n) is 4.31. The summed E-state index contributed by atoms with van der Waals surface area (Å²) in [6, 6.07) is 5.59. The third kappa shape index (κ3) is 3.19. The fraction of sp³-hybridized carbons (Fsp3) is 0.500. The molecule has 1 aromatic heterocycles. The predicted octanol–water partition coefficient (Wildman–Crippen LogP) is 3.96. The van der Waals surface area contributed by atoms with Gasteiger partial charge >= 0.3 is 6.18 Å². The number of ether oxygens (including phenoxy) is 1. The highest BCUT2D eigenvalue weighted by Crippen LogP contribution is 2.37. The van der Waals surface area contributed by atoms with Gasteiger partial charge in [0.15, 0.2) is 5.69 Å². The second kappa shape index (κ2) is 6.92. The molecule has 3 heterocycles. The van der Waals surface area contributed by atoms with Crippen LogP contribution in [0.2, 0.25) is 0 Å². The molecule has 0 radical (unpaired) electrons. The van der Waals surface area contributed by atoms with Crippen LogP contribution in [0, 0.1) is 6.92 Å². The van der Waals surface area contributed by atoms with Crippen molar-refractivity contribution in [2.45, 2.75) is 51.9 Å².